The van der Waals surface area contributed by atoms with Crippen molar-refractivity contribution in [2.75, 3.05) is 31.6 Å². The summed E-state index contributed by atoms with van der Waals surface area (Å²) >= 11 is 0. The third-order valence-corrected chi connectivity index (χ3v) is 3.93. The Balaban J connectivity index is 1.84. The summed E-state index contributed by atoms with van der Waals surface area (Å²) in [5.41, 5.74) is 1.15. The molecule has 0 unspecified atom stereocenters. The van der Waals surface area contributed by atoms with Gasteiger partial charge in [-0.1, -0.05) is 6.07 Å². The molecule has 0 aromatic heterocycles. The van der Waals surface area contributed by atoms with Gasteiger partial charge in [-0.05, 0) is 44.4 Å². The first-order chi connectivity index (χ1) is 12.1. The van der Waals surface area contributed by atoms with E-state index in [1.165, 1.54) is 6.42 Å². The predicted octanol–water partition coefficient (Wildman–Crippen LogP) is 2.39. The van der Waals surface area contributed by atoms with Gasteiger partial charge in [0.2, 0.25) is 5.91 Å². The molecule has 0 bridgehead atoms. The second-order valence-corrected chi connectivity index (χ2v) is 5.88. The predicted molar refractivity (Wildman–Crippen MR) is 94.5 cm³/mol. The zero-order valence-corrected chi connectivity index (χ0v) is 14.5. The quantitative estimate of drug-likeness (QED) is 0.827. The van der Waals surface area contributed by atoms with Gasteiger partial charge in [-0.15, -0.1) is 0 Å². The highest BCUT2D eigenvalue weighted by Crippen LogP contribution is 2.16. The normalized spacial score (nSPS) is 13.9. The number of amides is 3. The molecular formula is C18H25N3O4. The number of likely N-dealkylation sites (tertiary alicyclic amines) is 1. The number of carbonyl (C=O) groups excluding carboxylic acids is 3. The average molecular weight is 347 g/mol. The molecule has 0 radical (unpaired) electrons. The van der Waals surface area contributed by atoms with Crippen molar-refractivity contribution >= 4 is 23.6 Å². The standard InChI is InChI=1S/C18H25N3O4/c1-2-25-18(24)19-10-9-16(22)20-15-8-6-7-14(13-15)17(23)21-11-4-3-5-12-21/h6-8,13H,2-5,9-12H2,1H3,(H,19,24)(H,20,22). The second-order valence-electron chi connectivity index (χ2n) is 5.88. The minimum absolute atomic E-state index is 0.000207. The highest BCUT2D eigenvalue weighted by molar-refractivity contribution is 5.97. The largest absolute Gasteiger partial charge is 0.450 e. The van der Waals surface area contributed by atoms with Gasteiger partial charge in [-0.2, -0.15) is 0 Å². The molecular weight excluding hydrogens is 322 g/mol. The fourth-order valence-corrected chi connectivity index (χ4v) is 2.69. The molecule has 2 rings (SSSR count). The number of rotatable bonds is 6. The molecule has 0 atom stereocenters. The van der Waals surface area contributed by atoms with Crippen LogP contribution >= 0.6 is 0 Å². The van der Waals surface area contributed by atoms with E-state index in [2.05, 4.69) is 10.6 Å². The number of piperidine rings is 1. The Labute approximate surface area is 147 Å². The maximum atomic E-state index is 12.5. The number of benzene rings is 1. The minimum atomic E-state index is -0.538. The fourth-order valence-electron chi connectivity index (χ4n) is 2.69. The summed E-state index contributed by atoms with van der Waals surface area (Å²) in [6.45, 7) is 3.77. The summed E-state index contributed by atoms with van der Waals surface area (Å²) in [4.78, 5) is 37.4. The highest BCUT2D eigenvalue weighted by Gasteiger charge is 2.18. The molecule has 1 heterocycles. The van der Waals surface area contributed by atoms with Gasteiger partial charge in [0.05, 0.1) is 6.61 Å². The number of anilines is 1. The average Bonchev–Trinajstić information content (AvgIpc) is 2.62. The Hall–Kier alpha value is -2.57. The molecule has 1 aromatic rings. The van der Waals surface area contributed by atoms with Gasteiger partial charge in [0, 0.05) is 37.3 Å². The van der Waals surface area contributed by atoms with Crippen LogP contribution in [0.4, 0.5) is 10.5 Å². The summed E-state index contributed by atoms with van der Waals surface area (Å²) < 4.78 is 4.72. The van der Waals surface area contributed by atoms with Crippen LogP contribution < -0.4 is 10.6 Å². The first kappa shape index (κ1) is 18.8. The van der Waals surface area contributed by atoms with Crippen molar-refractivity contribution in [3.8, 4) is 0 Å². The third-order valence-electron chi connectivity index (χ3n) is 3.93. The Morgan fingerprint density at radius 3 is 2.64 bits per heavy atom. The Morgan fingerprint density at radius 1 is 1.16 bits per heavy atom. The van der Waals surface area contributed by atoms with E-state index in [0.29, 0.717) is 11.3 Å². The molecule has 2 N–H and O–H groups in total. The van der Waals surface area contributed by atoms with E-state index in [-0.39, 0.29) is 31.4 Å². The number of alkyl carbamates (subject to hydrolysis) is 1. The number of nitrogens with zero attached hydrogens (tertiary/aromatic N) is 1. The van der Waals surface area contributed by atoms with E-state index in [1.54, 1.807) is 31.2 Å². The van der Waals surface area contributed by atoms with Crippen LogP contribution in [0.3, 0.4) is 0 Å². The number of carbonyl (C=O) groups is 3. The number of nitrogens with one attached hydrogen (secondary N) is 2. The number of ether oxygens (including phenoxy) is 1. The minimum Gasteiger partial charge on any atom is -0.450 e. The van der Waals surface area contributed by atoms with Gasteiger partial charge in [-0.25, -0.2) is 4.79 Å². The maximum absolute atomic E-state index is 12.5. The van der Waals surface area contributed by atoms with Crippen LogP contribution in [0.25, 0.3) is 0 Å². The molecule has 1 aliphatic heterocycles. The van der Waals surface area contributed by atoms with Crippen LogP contribution in [-0.2, 0) is 9.53 Å². The lowest BCUT2D eigenvalue weighted by Gasteiger charge is -2.26. The SMILES string of the molecule is CCOC(=O)NCCC(=O)Nc1cccc(C(=O)N2CCCCC2)c1. The third kappa shape index (κ3) is 6.10. The van der Waals surface area contributed by atoms with Crippen molar-refractivity contribution in [2.24, 2.45) is 0 Å². The molecule has 1 saturated heterocycles. The van der Waals surface area contributed by atoms with Crippen LogP contribution in [-0.4, -0.2) is 49.0 Å². The van der Waals surface area contributed by atoms with Crippen LogP contribution in [0.2, 0.25) is 0 Å². The molecule has 3 amide bonds. The van der Waals surface area contributed by atoms with Crippen molar-refractivity contribution in [1.82, 2.24) is 10.2 Å². The van der Waals surface area contributed by atoms with Gasteiger partial charge < -0.3 is 20.3 Å². The lowest BCUT2D eigenvalue weighted by atomic mass is 10.1. The van der Waals surface area contributed by atoms with Gasteiger partial charge in [0.15, 0.2) is 0 Å². The smallest absolute Gasteiger partial charge is 0.407 e. The second kappa shape index (κ2) is 9.66. The summed E-state index contributed by atoms with van der Waals surface area (Å²) in [5.74, 6) is -0.237. The molecule has 0 aliphatic carbocycles. The monoisotopic (exact) mass is 347 g/mol. The Morgan fingerprint density at radius 2 is 1.92 bits per heavy atom. The van der Waals surface area contributed by atoms with Crippen molar-refractivity contribution < 1.29 is 19.1 Å². The number of hydrogen-bond donors (Lipinski definition) is 2. The zero-order valence-electron chi connectivity index (χ0n) is 14.5. The molecule has 1 aliphatic rings. The maximum Gasteiger partial charge on any atom is 0.407 e. The highest BCUT2D eigenvalue weighted by atomic mass is 16.5. The van der Waals surface area contributed by atoms with Crippen molar-refractivity contribution in [3.63, 3.8) is 0 Å². The summed E-state index contributed by atoms with van der Waals surface area (Å²) in [6, 6.07) is 6.94. The molecule has 0 spiro atoms. The van der Waals surface area contributed by atoms with E-state index >= 15 is 0 Å². The molecule has 7 nitrogen and oxygen atoms in total. The van der Waals surface area contributed by atoms with Gasteiger partial charge in [0.1, 0.15) is 0 Å². The topological polar surface area (TPSA) is 87.7 Å². The molecule has 25 heavy (non-hydrogen) atoms. The summed E-state index contributed by atoms with van der Waals surface area (Å²) in [6.07, 6.45) is 2.83. The van der Waals surface area contributed by atoms with E-state index in [9.17, 15) is 14.4 Å². The van der Waals surface area contributed by atoms with Crippen LogP contribution in [0.5, 0.6) is 0 Å². The Bertz CT molecular complexity index is 612. The van der Waals surface area contributed by atoms with Crippen molar-refractivity contribution in [1.29, 1.82) is 0 Å². The van der Waals surface area contributed by atoms with Crippen molar-refractivity contribution in [3.05, 3.63) is 29.8 Å². The van der Waals surface area contributed by atoms with Gasteiger partial charge in [-0.3, -0.25) is 9.59 Å². The van der Waals surface area contributed by atoms with E-state index in [1.807, 2.05) is 4.90 Å². The zero-order chi connectivity index (χ0) is 18.1. The summed E-state index contributed by atoms with van der Waals surface area (Å²) in [5, 5.41) is 5.23. The lowest BCUT2D eigenvalue weighted by molar-refractivity contribution is -0.116. The number of hydrogen-bond acceptors (Lipinski definition) is 4. The fraction of sp³-hybridized carbons (Fsp3) is 0.500. The van der Waals surface area contributed by atoms with Gasteiger partial charge >= 0.3 is 6.09 Å². The first-order valence-corrected chi connectivity index (χ1v) is 8.70. The first-order valence-electron chi connectivity index (χ1n) is 8.70. The lowest BCUT2D eigenvalue weighted by Crippen LogP contribution is -2.35. The van der Waals surface area contributed by atoms with Gasteiger partial charge in [0.25, 0.3) is 5.91 Å². The molecule has 0 saturated carbocycles. The van der Waals surface area contributed by atoms with E-state index in [0.717, 1.165) is 25.9 Å². The van der Waals surface area contributed by atoms with Crippen LogP contribution in [0.15, 0.2) is 24.3 Å². The van der Waals surface area contributed by atoms with Crippen molar-refractivity contribution in [2.45, 2.75) is 32.6 Å². The summed E-state index contributed by atoms with van der Waals surface area (Å²) in [7, 11) is 0. The van der Waals surface area contributed by atoms with Crippen LogP contribution in [0.1, 0.15) is 43.0 Å². The van der Waals surface area contributed by atoms with Crippen LogP contribution in [0, 0.1) is 0 Å². The van der Waals surface area contributed by atoms with E-state index in [4.69, 9.17) is 4.74 Å². The molecule has 136 valence electrons. The molecule has 7 heteroatoms. The van der Waals surface area contributed by atoms with E-state index < -0.39 is 6.09 Å². The molecule has 1 aromatic carbocycles. The Kier molecular flexibility index (Phi) is 7.25. The molecule has 1 fully saturated rings.